The zero-order valence-corrected chi connectivity index (χ0v) is 36.9. The highest BCUT2D eigenvalue weighted by atomic mass is 35.5. The molecule has 1 atom stereocenters. The second kappa shape index (κ2) is 21.0. The molecule has 15 heteroatoms. The van der Waals surface area contributed by atoms with Gasteiger partial charge >= 0.3 is 6.09 Å². The minimum Gasteiger partial charge on any atom is -0.506 e. The summed E-state index contributed by atoms with van der Waals surface area (Å²) >= 11 is 6.06. The number of phenols is 2. The number of nitrogens with zero attached hydrogens (tertiary/aromatic N) is 1. The number of hydrogen-bond acceptors (Lipinski definition) is 9. The summed E-state index contributed by atoms with van der Waals surface area (Å²) < 4.78 is 52.7. The fourth-order valence-electron chi connectivity index (χ4n) is 6.58. The van der Waals surface area contributed by atoms with Crippen molar-refractivity contribution in [3.05, 3.63) is 71.0 Å². The van der Waals surface area contributed by atoms with Gasteiger partial charge in [0.25, 0.3) is 0 Å². The van der Waals surface area contributed by atoms with E-state index in [-0.39, 0.29) is 39.5 Å². The van der Waals surface area contributed by atoms with Crippen LogP contribution in [-0.2, 0) is 19.2 Å². The van der Waals surface area contributed by atoms with E-state index in [1.165, 1.54) is 62.1 Å². The molecule has 1 fully saturated rings. The largest absolute Gasteiger partial charge is 0.506 e. The number of ether oxygens (including phenoxy) is 1. The number of rotatable bonds is 20. The van der Waals surface area contributed by atoms with Crippen LogP contribution in [0.5, 0.6) is 11.5 Å². The van der Waals surface area contributed by atoms with Gasteiger partial charge in [-0.15, -0.1) is 0 Å². The second-order valence-corrected chi connectivity index (χ2v) is 23.5. The van der Waals surface area contributed by atoms with Gasteiger partial charge in [0, 0.05) is 25.2 Å². The topological polar surface area (TPSA) is 149 Å². The Hall–Kier alpha value is -3.40. The zero-order valence-electron chi connectivity index (χ0n) is 34.3. The van der Waals surface area contributed by atoms with Crippen LogP contribution in [0.25, 0.3) is 11.1 Å². The van der Waals surface area contributed by atoms with Gasteiger partial charge in [0.1, 0.15) is 23.4 Å². The third-order valence-corrected chi connectivity index (χ3v) is 16.3. The Kier molecular flexibility index (Phi) is 17.1. The Balaban J connectivity index is 1.09. The average molecular weight is 850 g/mol. The first-order chi connectivity index (χ1) is 26.8. The molecule has 4 rings (SSSR count). The molecule has 0 aromatic heterocycles. The fourth-order valence-corrected chi connectivity index (χ4v) is 8.61. The molecule has 316 valence electrons. The second-order valence-electron chi connectivity index (χ2n) is 16.6. The number of halogens is 2. The van der Waals surface area contributed by atoms with Gasteiger partial charge in [-0.1, -0.05) is 76.6 Å². The summed E-state index contributed by atoms with van der Waals surface area (Å²) in [7, 11) is -5.71. The summed E-state index contributed by atoms with van der Waals surface area (Å²) in [5.41, 5.74) is 2.34. The van der Waals surface area contributed by atoms with Crippen molar-refractivity contribution in [1.29, 1.82) is 0 Å². The van der Waals surface area contributed by atoms with Gasteiger partial charge in [0.15, 0.2) is 8.32 Å². The summed E-state index contributed by atoms with van der Waals surface area (Å²) in [5, 5.41) is 26.5. The molecule has 5 N–H and O–H groups in total. The van der Waals surface area contributed by atoms with Crippen molar-refractivity contribution < 1.29 is 37.0 Å². The molecule has 0 bridgehead atoms. The maximum absolute atomic E-state index is 14.1. The quantitative estimate of drug-likeness (QED) is 0.0426. The molecule has 0 radical (unpaired) electrons. The summed E-state index contributed by atoms with van der Waals surface area (Å²) in [4.78, 5) is 15.2. The van der Waals surface area contributed by atoms with E-state index in [0.717, 1.165) is 70.1 Å². The molecular formula is C42H62ClFN4O7SSi. The summed E-state index contributed by atoms with van der Waals surface area (Å²) in [5.74, 6) is -0.670. The Morgan fingerprint density at radius 2 is 1.58 bits per heavy atom. The third-order valence-electron chi connectivity index (χ3n) is 10.9. The van der Waals surface area contributed by atoms with Crippen molar-refractivity contribution in [1.82, 2.24) is 10.2 Å². The van der Waals surface area contributed by atoms with Gasteiger partial charge in [-0.3, -0.25) is 10.0 Å². The number of carbonyl (C=O) groups is 1. The van der Waals surface area contributed by atoms with E-state index in [9.17, 15) is 27.8 Å². The summed E-state index contributed by atoms with van der Waals surface area (Å²) in [6.07, 6.45) is 9.58. The summed E-state index contributed by atoms with van der Waals surface area (Å²) in [6.45, 7) is 15.2. The number of unbranched alkanes of at least 4 members (excludes halogenated alkanes) is 6. The van der Waals surface area contributed by atoms with E-state index in [0.29, 0.717) is 23.4 Å². The van der Waals surface area contributed by atoms with E-state index >= 15 is 0 Å². The van der Waals surface area contributed by atoms with E-state index < -0.39 is 30.3 Å². The van der Waals surface area contributed by atoms with Crippen LogP contribution in [0, 0.1) is 5.82 Å². The smallest absolute Gasteiger partial charge is 0.411 e. The van der Waals surface area contributed by atoms with Crippen LogP contribution in [-0.4, -0.2) is 83.0 Å². The van der Waals surface area contributed by atoms with Crippen molar-refractivity contribution >= 4 is 47.4 Å². The molecule has 1 heterocycles. The Bertz CT molecular complexity index is 1890. The van der Waals surface area contributed by atoms with E-state index in [2.05, 4.69) is 54.1 Å². The highest BCUT2D eigenvalue weighted by Crippen LogP contribution is 2.41. The lowest BCUT2D eigenvalue weighted by Crippen LogP contribution is -2.43. The number of amides is 1. The number of phenolic OH excluding ortho intramolecular Hbond substituents is 2. The number of benzene rings is 3. The van der Waals surface area contributed by atoms with Crippen LogP contribution in [0.15, 0.2) is 54.6 Å². The molecular weight excluding hydrogens is 787 g/mol. The standard InChI is InChI=1S/C42H62ClFN4O7SSi/c1-42(2,3)57(5,6)55-40(31-15-19-39(50)37(27-31)47-56(4,52)53)29-45-22-12-10-8-7-9-11-13-23-48-24-20-33(21-25-48)54-41(51)46-36-17-16-32(44)28-34(36)30-14-18-38(49)35(43)26-30/h14-19,26-28,33,40,45,47,49-50H,7-13,20-25,29H2,1-6H3,(H,46,51)/t40-/m0/s1. The molecule has 0 unspecified atom stereocenters. The lowest BCUT2D eigenvalue weighted by Gasteiger charge is -2.39. The lowest BCUT2D eigenvalue weighted by atomic mass is 10.0. The first kappa shape index (κ1) is 46.3. The maximum Gasteiger partial charge on any atom is 0.411 e. The molecule has 1 amide bonds. The molecule has 1 aliphatic heterocycles. The number of aromatic hydroxyl groups is 2. The van der Waals surface area contributed by atoms with E-state index in [1.54, 1.807) is 18.2 Å². The number of likely N-dealkylation sites (tertiary alicyclic amines) is 1. The van der Waals surface area contributed by atoms with Gasteiger partial charge in [0.05, 0.1) is 28.8 Å². The first-order valence-electron chi connectivity index (χ1n) is 20.0. The molecule has 0 spiro atoms. The molecule has 0 saturated carbocycles. The Labute approximate surface area is 344 Å². The van der Waals surface area contributed by atoms with Crippen molar-refractivity contribution in [3.8, 4) is 22.6 Å². The molecule has 1 saturated heterocycles. The van der Waals surface area contributed by atoms with Crippen LogP contribution >= 0.6 is 11.6 Å². The average Bonchev–Trinajstić information content (AvgIpc) is 3.12. The van der Waals surface area contributed by atoms with Crippen LogP contribution in [0.4, 0.5) is 20.6 Å². The number of nitrogens with one attached hydrogen (secondary N) is 3. The predicted octanol–water partition coefficient (Wildman–Crippen LogP) is 10.0. The number of sulfonamides is 1. The number of piperidine rings is 1. The van der Waals surface area contributed by atoms with Gasteiger partial charge in [-0.2, -0.15) is 0 Å². The highest BCUT2D eigenvalue weighted by molar-refractivity contribution is 7.92. The van der Waals surface area contributed by atoms with Crippen LogP contribution < -0.4 is 15.4 Å². The first-order valence-corrected chi connectivity index (χ1v) is 25.2. The third kappa shape index (κ3) is 15.0. The van der Waals surface area contributed by atoms with E-state index in [4.69, 9.17) is 20.8 Å². The van der Waals surface area contributed by atoms with Gasteiger partial charge in [0.2, 0.25) is 10.0 Å². The minimum absolute atomic E-state index is 0.00455. The highest BCUT2D eigenvalue weighted by Gasteiger charge is 2.39. The number of anilines is 2. The van der Waals surface area contributed by atoms with Crippen LogP contribution in [0.3, 0.4) is 0 Å². The molecule has 3 aromatic rings. The predicted molar refractivity (Wildman–Crippen MR) is 231 cm³/mol. The van der Waals surface area contributed by atoms with Crippen molar-refractivity contribution in [3.63, 3.8) is 0 Å². The normalized spacial score (nSPS) is 15.0. The molecule has 0 aliphatic carbocycles. The van der Waals surface area contributed by atoms with Crippen molar-refractivity contribution in [2.75, 3.05) is 49.0 Å². The Morgan fingerprint density at radius 3 is 2.23 bits per heavy atom. The van der Waals surface area contributed by atoms with Gasteiger partial charge in [-0.05, 0) is 110 Å². The number of hydrogen-bond donors (Lipinski definition) is 5. The maximum atomic E-state index is 14.1. The molecule has 3 aromatic carbocycles. The SMILES string of the molecule is CC(C)(C)[Si](C)(C)O[C@@H](CNCCCCCCCCCN1CCC(OC(=O)Nc2ccc(F)cc2-c2ccc(O)c(Cl)c2)CC1)c1ccc(O)c(NS(C)(=O)=O)c1. The van der Waals surface area contributed by atoms with Crippen molar-refractivity contribution in [2.45, 2.75) is 109 Å². The van der Waals surface area contributed by atoms with E-state index in [1.807, 2.05) is 0 Å². The molecule has 11 nitrogen and oxygen atoms in total. The van der Waals surface area contributed by atoms with Crippen molar-refractivity contribution in [2.24, 2.45) is 0 Å². The fraction of sp³-hybridized carbons (Fsp3) is 0.548. The zero-order chi connectivity index (χ0) is 41.8. The van der Waals surface area contributed by atoms with Crippen LogP contribution in [0.1, 0.15) is 90.2 Å². The Morgan fingerprint density at radius 1 is 0.930 bits per heavy atom. The number of carbonyl (C=O) groups excluding carboxylic acids is 1. The summed E-state index contributed by atoms with van der Waals surface area (Å²) in [6, 6.07) is 13.6. The molecule has 57 heavy (non-hydrogen) atoms. The van der Waals surface area contributed by atoms with Gasteiger partial charge < -0.3 is 29.6 Å². The van der Waals surface area contributed by atoms with Crippen LogP contribution in [0.2, 0.25) is 23.2 Å². The lowest BCUT2D eigenvalue weighted by molar-refractivity contribution is 0.0584. The minimum atomic E-state index is -3.55. The monoisotopic (exact) mass is 848 g/mol. The molecule has 1 aliphatic rings. The van der Waals surface area contributed by atoms with Gasteiger partial charge in [-0.25, -0.2) is 17.6 Å².